The monoisotopic (exact) mass is 274 g/mol. The number of nitrogens with one attached hydrogen (secondary N) is 2. The summed E-state index contributed by atoms with van der Waals surface area (Å²) >= 11 is 0. The van der Waals surface area contributed by atoms with Gasteiger partial charge >= 0.3 is 0 Å². The van der Waals surface area contributed by atoms with Gasteiger partial charge in [0.2, 0.25) is 0 Å². The summed E-state index contributed by atoms with van der Waals surface area (Å²) in [4.78, 5) is 11.3. The van der Waals surface area contributed by atoms with E-state index in [1.54, 1.807) is 23.9 Å². The second kappa shape index (κ2) is 6.14. The second-order valence-electron chi connectivity index (χ2n) is 4.36. The van der Waals surface area contributed by atoms with Gasteiger partial charge < -0.3 is 10.6 Å². The maximum Gasteiger partial charge on any atom is 0.271 e. The zero-order chi connectivity index (χ0) is 14.5. The van der Waals surface area contributed by atoms with Crippen LogP contribution in [-0.4, -0.2) is 32.9 Å². The van der Waals surface area contributed by atoms with Crippen LogP contribution in [0, 0.1) is 0 Å². The number of rotatable bonds is 5. The summed E-state index contributed by atoms with van der Waals surface area (Å²) in [6.07, 6.45) is 2.87. The van der Waals surface area contributed by atoms with Crippen molar-refractivity contribution in [1.82, 2.24) is 25.3 Å². The van der Waals surface area contributed by atoms with E-state index in [-0.39, 0.29) is 5.91 Å². The molecule has 0 aliphatic heterocycles. The topological polar surface area (TPSA) is 84.7 Å². The molecule has 0 aliphatic rings. The van der Waals surface area contributed by atoms with Gasteiger partial charge in [-0.25, -0.2) is 0 Å². The van der Waals surface area contributed by atoms with E-state index in [9.17, 15) is 4.79 Å². The molecule has 0 fully saturated rings. The Morgan fingerprint density at radius 2 is 2.15 bits per heavy atom. The lowest BCUT2D eigenvalue weighted by Gasteiger charge is -2.05. The maximum atomic E-state index is 11.3. The summed E-state index contributed by atoms with van der Waals surface area (Å²) in [5.74, 6) is 0.383. The Bertz CT molecular complexity index is 589. The van der Waals surface area contributed by atoms with Crippen LogP contribution >= 0.6 is 0 Å². The van der Waals surface area contributed by atoms with Crippen molar-refractivity contribution in [3.8, 4) is 0 Å². The maximum absolute atomic E-state index is 11.3. The van der Waals surface area contributed by atoms with Gasteiger partial charge in [0.15, 0.2) is 5.69 Å². The molecule has 0 bridgehead atoms. The molecule has 20 heavy (non-hydrogen) atoms. The fourth-order valence-electron chi connectivity index (χ4n) is 1.89. The average Bonchev–Trinajstić information content (AvgIpc) is 2.85. The molecule has 2 aromatic rings. The van der Waals surface area contributed by atoms with E-state index in [2.05, 4.69) is 32.9 Å². The van der Waals surface area contributed by atoms with Crippen LogP contribution in [0.4, 0.5) is 5.82 Å². The number of hydrogen-bond donors (Lipinski definition) is 2. The third kappa shape index (κ3) is 3.11. The summed E-state index contributed by atoms with van der Waals surface area (Å²) in [6, 6.07) is 3.37. The Morgan fingerprint density at radius 3 is 2.75 bits per heavy atom. The predicted molar refractivity (Wildman–Crippen MR) is 75.3 cm³/mol. The van der Waals surface area contributed by atoms with Crippen LogP contribution in [0.3, 0.4) is 0 Å². The lowest BCUT2D eigenvalue weighted by Crippen LogP contribution is -2.19. The first-order chi connectivity index (χ1) is 9.63. The van der Waals surface area contributed by atoms with Gasteiger partial charge in [0.25, 0.3) is 5.91 Å². The molecule has 0 saturated carbocycles. The average molecular weight is 274 g/mol. The molecular weight excluding hydrogens is 256 g/mol. The molecule has 1 amide bonds. The third-order valence-corrected chi connectivity index (χ3v) is 2.91. The number of aryl methyl sites for hydroxylation is 2. The summed E-state index contributed by atoms with van der Waals surface area (Å²) in [7, 11) is 3.46. The highest BCUT2D eigenvalue weighted by Crippen LogP contribution is 2.10. The van der Waals surface area contributed by atoms with Gasteiger partial charge in [0.1, 0.15) is 5.82 Å². The molecule has 0 aromatic carbocycles. The molecule has 7 nitrogen and oxygen atoms in total. The Balaban J connectivity index is 2.02. The highest BCUT2D eigenvalue weighted by Gasteiger charge is 2.07. The Hall–Kier alpha value is -2.44. The van der Waals surface area contributed by atoms with Crippen LogP contribution in [0.25, 0.3) is 0 Å². The normalized spacial score (nSPS) is 10.3. The number of amides is 1. The lowest BCUT2D eigenvalue weighted by molar-refractivity contribution is 0.0957. The van der Waals surface area contributed by atoms with E-state index in [1.165, 1.54) is 0 Å². The van der Waals surface area contributed by atoms with Crippen molar-refractivity contribution in [3.63, 3.8) is 0 Å². The minimum absolute atomic E-state index is 0.246. The van der Waals surface area contributed by atoms with Gasteiger partial charge in [-0.05, 0) is 18.6 Å². The number of anilines is 1. The first-order valence-electron chi connectivity index (χ1n) is 6.45. The third-order valence-electron chi connectivity index (χ3n) is 2.91. The van der Waals surface area contributed by atoms with Crippen LogP contribution < -0.4 is 10.6 Å². The molecule has 2 rings (SSSR count). The van der Waals surface area contributed by atoms with Crippen molar-refractivity contribution >= 4 is 11.7 Å². The summed E-state index contributed by atoms with van der Waals surface area (Å²) in [5.41, 5.74) is 2.50. The number of carbonyl (C=O) groups is 1. The van der Waals surface area contributed by atoms with E-state index < -0.39 is 0 Å². The van der Waals surface area contributed by atoms with Crippen molar-refractivity contribution in [2.24, 2.45) is 7.05 Å². The fraction of sp³-hybridized carbons (Fsp3) is 0.385. The van der Waals surface area contributed by atoms with Gasteiger partial charge in [0, 0.05) is 32.4 Å². The Kier molecular flexibility index (Phi) is 4.29. The Labute approximate surface area is 117 Å². The number of aromatic nitrogens is 4. The summed E-state index contributed by atoms with van der Waals surface area (Å²) in [5, 5.41) is 17.9. The summed E-state index contributed by atoms with van der Waals surface area (Å²) < 4.78 is 1.80. The first-order valence-corrected chi connectivity index (χ1v) is 6.45. The fourth-order valence-corrected chi connectivity index (χ4v) is 1.89. The molecule has 0 radical (unpaired) electrons. The quantitative estimate of drug-likeness (QED) is 0.840. The van der Waals surface area contributed by atoms with Gasteiger partial charge in [-0.2, -0.15) is 5.10 Å². The van der Waals surface area contributed by atoms with Gasteiger partial charge in [-0.1, -0.05) is 6.92 Å². The van der Waals surface area contributed by atoms with Gasteiger partial charge in [-0.15, -0.1) is 10.2 Å². The van der Waals surface area contributed by atoms with Crippen LogP contribution in [-0.2, 0) is 20.0 Å². The van der Waals surface area contributed by atoms with E-state index in [4.69, 9.17) is 0 Å². The lowest BCUT2D eigenvalue weighted by atomic mass is 10.2. The van der Waals surface area contributed by atoms with E-state index >= 15 is 0 Å². The van der Waals surface area contributed by atoms with E-state index in [0.717, 1.165) is 17.7 Å². The molecule has 0 saturated heterocycles. The highest BCUT2D eigenvalue weighted by atomic mass is 16.1. The van der Waals surface area contributed by atoms with Crippen LogP contribution in [0.5, 0.6) is 0 Å². The number of hydrogen-bond acceptors (Lipinski definition) is 5. The standard InChI is InChI=1S/C13H18N6O/c1-4-10-9(8-19(3)18-10)7-15-12-6-5-11(16-17-12)13(20)14-2/h5-6,8H,4,7H2,1-3H3,(H,14,20)(H,15,17). The smallest absolute Gasteiger partial charge is 0.271 e. The molecule has 2 heterocycles. The van der Waals surface area contributed by atoms with Crippen molar-refractivity contribution in [2.75, 3.05) is 12.4 Å². The van der Waals surface area contributed by atoms with E-state index in [0.29, 0.717) is 18.1 Å². The molecule has 2 N–H and O–H groups in total. The molecule has 0 unspecified atom stereocenters. The molecule has 0 atom stereocenters. The van der Waals surface area contributed by atoms with E-state index in [1.807, 2.05) is 13.2 Å². The Morgan fingerprint density at radius 1 is 1.35 bits per heavy atom. The summed E-state index contributed by atoms with van der Waals surface area (Å²) in [6.45, 7) is 2.70. The SMILES string of the molecule is CCc1nn(C)cc1CNc1ccc(C(=O)NC)nn1. The molecule has 2 aromatic heterocycles. The predicted octanol–water partition coefficient (Wildman–Crippen LogP) is 0.744. The second-order valence-corrected chi connectivity index (χ2v) is 4.36. The van der Waals surface area contributed by atoms with Crippen LogP contribution in [0.2, 0.25) is 0 Å². The number of carbonyl (C=O) groups excluding carboxylic acids is 1. The van der Waals surface area contributed by atoms with Crippen LogP contribution in [0.1, 0.15) is 28.7 Å². The molecule has 0 aliphatic carbocycles. The molecule has 7 heteroatoms. The van der Waals surface area contributed by atoms with Gasteiger partial charge in [-0.3, -0.25) is 9.48 Å². The number of nitrogens with zero attached hydrogens (tertiary/aromatic N) is 4. The first kappa shape index (κ1) is 14.0. The van der Waals surface area contributed by atoms with Crippen molar-refractivity contribution in [1.29, 1.82) is 0 Å². The zero-order valence-electron chi connectivity index (χ0n) is 11.8. The molecule has 0 spiro atoms. The minimum Gasteiger partial charge on any atom is -0.364 e. The minimum atomic E-state index is -0.246. The highest BCUT2D eigenvalue weighted by molar-refractivity contribution is 5.91. The zero-order valence-corrected chi connectivity index (χ0v) is 11.8. The van der Waals surface area contributed by atoms with Gasteiger partial charge in [0.05, 0.1) is 5.69 Å². The van der Waals surface area contributed by atoms with Crippen LogP contribution in [0.15, 0.2) is 18.3 Å². The molecular formula is C13H18N6O. The van der Waals surface area contributed by atoms with Crippen molar-refractivity contribution < 1.29 is 4.79 Å². The molecule has 106 valence electrons. The van der Waals surface area contributed by atoms with Crippen molar-refractivity contribution in [3.05, 3.63) is 35.3 Å². The van der Waals surface area contributed by atoms with Crippen molar-refractivity contribution in [2.45, 2.75) is 19.9 Å². The largest absolute Gasteiger partial charge is 0.364 e.